The number of carbonyl (C=O) groups is 3. The number of nitrogens with zero attached hydrogens (tertiary/aromatic N) is 2. The molecule has 1 aromatic heterocycles. The Balaban J connectivity index is 1.83. The number of carbonyl (C=O) groups excluding carboxylic acids is 3. The van der Waals surface area contributed by atoms with E-state index in [0.717, 1.165) is 6.42 Å². The number of rotatable bonds is 2. The number of hydrogen-bond donors (Lipinski definition) is 2. The summed E-state index contributed by atoms with van der Waals surface area (Å²) in [6, 6.07) is 1.43. The first kappa shape index (κ1) is 17.3. The average molecular weight is 347 g/mol. The highest BCUT2D eigenvalue weighted by molar-refractivity contribution is 5.98. The lowest BCUT2D eigenvalue weighted by Crippen LogP contribution is -2.62. The van der Waals surface area contributed by atoms with E-state index in [4.69, 9.17) is 0 Å². The first-order valence-electron chi connectivity index (χ1n) is 8.27. The largest absolute Gasteiger partial charge is 0.465 e. The van der Waals surface area contributed by atoms with Crippen LogP contribution in [0, 0.1) is 5.41 Å². The number of esters is 1. The highest BCUT2D eigenvalue weighted by Crippen LogP contribution is 2.37. The average Bonchev–Trinajstić information content (AvgIpc) is 2.65. The number of ether oxygens (including phenoxy) is 1. The molecule has 2 atom stereocenters. The Morgan fingerprint density at radius 1 is 1.40 bits per heavy atom. The second-order valence-corrected chi connectivity index (χ2v) is 6.50. The van der Waals surface area contributed by atoms with Gasteiger partial charge in [0.2, 0.25) is 5.91 Å². The Labute approximate surface area is 145 Å². The molecule has 0 bridgehead atoms. The van der Waals surface area contributed by atoms with Crippen LogP contribution in [-0.4, -0.2) is 65.6 Å². The van der Waals surface area contributed by atoms with Crippen LogP contribution in [0.1, 0.15) is 40.0 Å². The number of amides is 2. The second-order valence-electron chi connectivity index (χ2n) is 6.50. The number of aliphatic hydroxyl groups excluding tert-OH is 1. The van der Waals surface area contributed by atoms with E-state index in [1.165, 1.54) is 25.6 Å². The van der Waals surface area contributed by atoms with Crippen molar-refractivity contribution in [2.45, 2.75) is 25.4 Å². The Morgan fingerprint density at radius 3 is 2.88 bits per heavy atom. The lowest BCUT2D eigenvalue weighted by Gasteiger charge is -2.46. The molecule has 8 nitrogen and oxygen atoms in total. The van der Waals surface area contributed by atoms with Gasteiger partial charge in [-0.05, 0) is 25.3 Å². The fraction of sp³-hybridized carbons (Fsp3) is 0.529. The summed E-state index contributed by atoms with van der Waals surface area (Å²) in [4.78, 5) is 42.3. The van der Waals surface area contributed by atoms with Gasteiger partial charge in [-0.2, -0.15) is 0 Å². The molecule has 3 heterocycles. The minimum atomic E-state index is -0.959. The van der Waals surface area contributed by atoms with Crippen LogP contribution in [0.2, 0.25) is 0 Å². The van der Waals surface area contributed by atoms with Gasteiger partial charge in [-0.15, -0.1) is 0 Å². The van der Waals surface area contributed by atoms with Gasteiger partial charge in [-0.3, -0.25) is 14.6 Å². The molecule has 0 aromatic carbocycles. The maximum absolute atomic E-state index is 12.8. The topological polar surface area (TPSA) is 109 Å². The summed E-state index contributed by atoms with van der Waals surface area (Å²) in [5.41, 5.74) is -0.513. The molecule has 134 valence electrons. The van der Waals surface area contributed by atoms with Gasteiger partial charge >= 0.3 is 5.97 Å². The van der Waals surface area contributed by atoms with Crippen molar-refractivity contribution in [2.75, 3.05) is 26.7 Å². The van der Waals surface area contributed by atoms with Crippen molar-refractivity contribution in [1.29, 1.82) is 0 Å². The van der Waals surface area contributed by atoms with Crippen LogP contribution in [0.5, 0.6) is 0 Å². The first-order valence-corrected chi connectivity index (χ1v) is 8.27. The highest BCUT2D eigenvalue weighted by Gasteiger charge is 2.50. The fourth-order valence-corrected chi connectivity index (χ4v) is 3.59. The molecule has 2 fully saturated rings. The summed E-state index contributed by atoms with van der Waals surface area (Å²) < 4.78 is 4.64. The van der Waals surface area contributed by atoms with Crippen LogP contribution in [0.4, 0.5) is 0 Å². The monoisotopic (exact) mass is 347 g/mol. The van der Waals surface area contributed by atoms with E-state index >= 15 is 0 Å². The second kappa shape index (κ2) is 6.79. The Bertz CT molecular complexity index is 707. The van der Waals surface area contributed by atoms with Crippen molar-refractivity contribution in [3.8, 4) is 0 Å². The molecule has 2 N–H and O–H groups in total. The van der Waals surface area contributed by atoms with Gasteiger partial charge in [-0.25, -0.2) is 4.79 Å². The van der Waals surface area contributed by atoms with Gasteiger partial charge in [-0.1, -0.05) is 0 Å². The van der Waals surface area contributed by atoms with Crippen LogP contribution in [0.3, 0.4) is 0 Å². The molecule has 0 saturated carbocycles. The zero-order chi connectivity index (χ0) is 18.0. The fourth-order valence-electron chi connectivity index (χ4n) is 3.59. The van der Waals surface area contributed by atoms with Crippen molar-refractivity contribution in [3.05, 3.63) is 29.6 Å². The molecule has 1 spiro atoms. The molecule has 2 saturated heterocycles. The van der Waals surface area contributed by atoms with E-state index < -0.39 is 17.5 Å². The summed E-state index contributed by atoms with van der Waals surface area (Å²) in [5.74, 6) is -1.09. The molecule has 2 aliphatic rings. The maximum Gasteiger partial charge on any atom is 0.339 e. The molecule has 0 unspecified atom stereocenters. The summed E-state index contributed by atoms with van der Waals surface area (Å²) in [7, 11) is 1.26. The van der Waals surface area contributed by atoms with Gasteiger partial charge < -0.3 is 20.1 Å². The predicted octanol–water partition coefficient (Wildman–Crippen LogP) is -0.0286. The van der Waals surface area contributed by atoms with Crippen molar-refractivity contribution >= 4 is 17.8 Å². The van der Waals surface area contributed by atoms with Gasteiger partial charge in [0.1, 0.15) is 0 Å². The number of pyridine rings is 1. The molecule has 2 amide bonds. The number of likely N-dealkylation sites (tertiary alicyclic amines) is 1. The number of nitrogens with one attached hydrogen (secondary N) is 1. The van der Waals surface area contributed by atoms with Crippen LogP contribution in [0.25, 0.3) is 0 Å². The van der Waals surface area contributed by atoms with Crippen LogP contribution < -0.4 is 5.32 Å². The zero-order valence-electron chi connectivity index (χ0n) is 14.0. The molecule has 2 aliphatic heterocycles. The summed E-state index contributed by atoms with van der Waals surface area (Å²) >= 11 is 0. The van der Waals surface area contributed by atoms with Gasteiger partial charge in [0.25, 0.3) is 5.91 Å². The van der Waals surface area contributed by atoms with Crippen molar-refractivity contribution in [1.82, 2.24) is 15.2 Å². The minimum absolute atomic E-state index is 0.154. The predicted molar refractivity (Wildman–Crippen MR) is 86.8 cm³/mol. The third kappa shape index (κ3) is 3.09. The Hall–Kier alpha value is -2.48. The molecule has 8 heteroatoms. The van der Waals surface area contributed by atoms with Gasteiger partial charge in [0.05, 0.1) is 29.8 Å². The Morgan fingerprint density at radius 2 is 2.16 bits per heavy atom. The maximum atomic E-state index is 12.8. The number of piperidine rings is 2. The molecular weight excluding hydrogens is 326 g/mol. The first-order chi connectivity index (χ1) is 12.0. The molecule has 0 aliphatic carbocycles. The van der Waals surface area contributed by atoms with E-state index in [0.29, 0.717) is 25.9 Å². The van der Waals surface area contributed by atoms with Crippen molar-refractivity contribution in [3.63, 3.8) is 0 Å². The van der Waals surface area contributed by atoms with Crippen LogP contribution >= 0.6 is 0 Å². The standard InChI is InChI=1S/C17H21N3O5/c1-25-15(23)12-7-11(8-18-9-12)14(22)20-6-3-13(21)17(10-20)4-2-5-19-16(17)24/h7-9,13,21H,2-6,10H2,1H3,(H,19,24)/t13-,17+/m0/s1. The van der Waals surface area contributed by atoms with Crippen LogP contribution in [-0.2, 0) is 9.53 Å². The quantitative estimate of drug-likeness (QED) is 0.728. The Kier molecular flexibility index (Phi) is 4.71. The zero-order valence-corrected chi connectivity index (χ0v) is 14.0. The number of methoxy groups -OCH3 is 1. The van der Waals surface area contributed by atoms with E-state index in [1.807, 2.05) is 0 Å². The summed E-state index contributed by atoms with van der Waals surface area (Å²) in [6.07, 6.45) is 3.60. The molecule has 3 rings (SSSR count). The molecule has 0 radical (unpaired) electrons. The molecule has 25 heavy (non-hydrogen) atoms. The van der Waals surface area contributed by atoms with Crippen molar-refractivity contribution in [2.24, 2.45) is 5.41 Å². The lowest BCUT2D eigenvalue weighted by molar-refractivity contribution is -0.147. The number of hydrogen-bond acceptors (Lipinski definition) is 6. The summed E-state index contributed by atoms with van der Waals surface area (Å²) in [6.45, 7) is 1.09. The minimum Gasteiger partial charge on any atom is -0.465 e. The van der Waals surface area contributed by atoms with E-state index in [9.17, 15) is 19.5 Å². The molecular formula is C17H21N3O5. The lowest BCUT2D eigenvalue weighted by atomic mass is 9.71. The van der Waals surface area contributed by atoms with E-state index in [-0.39, 0.29) is 29.5 Å². The van der Waals surface area contributed by atoms with Crippen LogP contribution in [0.15, 0.2) is 18.5 Å². The van der Waals surface area contributed by atoms with Gasteiger partial charge in [0.15, 0.2) is 0 Å². The van der Waals surface area contributed by atoms with E-state index in [1.54, 1.807) is 4.90 Å². The van der Waals surface area contributed by atoms with Crippen molar-refractivity contribution < 1.29 is 24.2 Å². The van der Waals surface area contributed by atoms with E-state index in [2.05, 4.69) is 15.0 Å². The highest BCUT2D eigenvalue weighted by atomic mass is 16.5. The number of aromatic nitrogens is 1. The van der Waals surface area contributed by atoms with Gasteiger partial charge in [0, 0.05) is 32.0 Å². The molecule has 1 aromatic rings. The SMILES string of the molecule is COC(=O)c1cncc(C(=O)N2CC[C@H](O)[C@@]3(CCCNC3=O)C2)c1. The normalized spacial score (nSPS) is 26.2. The third-order valence-corrected chi connectivity index (χ3v) is 5.01. The number of aliphatic hydroxyl groups is 1. The smallest absolute Gasteiger partial charge is 0.339 e. The summed E-state index contributed by atoms with van der Waals surface area (Å²) in [5, 5.41) is 13.2. The third-order valence-electron chi connectivity index (χ3n) is 5.01.